The van der Waals surface area contributed by atoms with E-state index in [1.54, 1.807) is 30.3 Å². The van der Waals surface area contributed by atoms with Crippen LogP contribution in [0, 0.1) is 0 Å². The van der Waals surface area contributed by atoms with Crippen LogP contribution in [0.3, 0.4) is 0 Å². The Morgan fingerprint density at radius 3 is 2.27 bits per heavy atom. The van der Waals surface area contributed by atoms with Gasteiger partial charge in [0.15, 0.2) is 0 Å². The molecule has 0 radical (unpaired) electrons. The Morgan fingerprint density at radius 1 is 0.878 bits per heavy atom. The fourth-order valence-corrected chi connectivity index (χ4v) is 4.57. The largest absolute Gasteiger partial charge is 0.501 e. The Bertz CT molecular complexity index is 1720. The SMILES string of the molecule is CNC(=O)c1cc(Oc2ccc(NC(=O)Nc3cccc(-c4cc(S(=O)(=O)C(F)(F)F)ccc4Cl)c3)cc2)ccn1. The van der Waals surface area contributed by atoms with Crippen molar-refractivity contribution >= 4 is 44.8 Å². The summed E-state index contributed by atoms with van der Waals surface area (Å²) in [4.78, 5) is 27.3. The van der Waals surface area contributed by atoms with Crippen LogP contribution in [0.1, 0.15) is 10.5 Å². The molecule has 41 heavy (non-hydrogen) atoms. The third-order valence-electron chi connectivity index (χ3n) is 5.52. The molecular formula is C27H20ClF3N4O5S. The van der Waals surface area contributed by atoms with E-state index >= 15 is 0 Å². The molecule has 0 saturated carbocycles. The van der Waals surface area contributed by atoms with Gasteiger partial charge in [-0.2, -0.15) is 13.2 Å². The van der Waals surface area contributed by atoms with E-state index in [-0.39, 0.29) is 33.4 Å². The smallest absolute Gasteiger partial charge is 0.457 e. The number of ether oxygens (including phenoxy) is 1. The monoisotopic (exact) mass is 604 g/mol. The second kappa shape index (κ2) is 11.9. The Kier molecular flexibility index (Phi) is 8.49. The number of carbonyl (C=O) groups excluding carboxylic acids is 2. The van der Waals surface area contributed by atoms with Crippen molar-refractivity contribution in [1.82, 2.24) is 10.3 Å². The van der Waals surface area contributed by atoms with Crippen LogP contribution in [0.15, 0.2) is 90.0 Å². The van der Waals surface area contributed by atoms with Gasteiger partial charge in [0, 0.05) is 41.3 Å². The number of sulfone groups is 1. The van der Waals surface area contributed by atoms with Crippen LogP contribution in [0.2, 0.25) is 5.02 Å². The molecule has 0 atom stereocenters. The van der Waals surface area contributed by atoms with Crippen LogP contribution in [0.25, 0.3) is 11.1 Å². The molecule has 1 aromatic heterocycles. The normalized spacial score (nSPS) is 11.4. The van der Waals surface area contributed by atoms with Crippen LogP contribution < -0.4 is 20.7 Å². The number of aromatic nitrogens is 1. The molecular weight excluding hydrogens is 585 g/mol. The second-order valence-corrected chi connectivity index (χ2v) is 10.7. The first kappa shape index (κ1) is 29.4. The molecule has 3 N–H and O–H groups in total. The molecule has 0 fully saturated rings. The minimum Gasteiger partial charge on any atom is -0.457 e. The zero-order chi connectivity index (χ0) is 29.8. The number of pyridine rings is 1. The molecule has 0 aliphatic carbocycles. The van der Waals surface area contributed by atoms with E-state index in [0.29, 0.717) is 17.2 Å². The molecule has 9 nitrogen and oxygen atoms in total. The average molecular weight is 605 g/mol. The number of hydrogen-bond acceptors (Lipinski definition) is 6. The van der Waals surface area contributed by atoms with E-state index in [0.717, 1.165) is 18.2 Å². The summed E-state index contributed by atoms with van der Waals surface area (Å²) in [5.74, 6) is 0.459. The standard InChI is InChI=1S/C27H20ClF3N4O5S/c1-32-25(36)24-14-20(11-12-33-24)40-19-7-5-17(6-8-19)34-26(37)35-18-4-2-3-16(13-18)22-15-21(9-10-23(22)28)41(38,39)27(29,30)31/h2-15H,1H3,(H,32,36)(H2,34,35,37). The van der Waals surface area contributed by atoms with Gasteiger partial charge < -0.3 is 20.7 Å². The molecule has 0 bridgehead atoms. The predicted molar refractivity (Wildman–Crippen MR) is 147 cm³/mol. The van der Waals surface area contributed by atoms with E-state index < -0.39 is 26.3 Å². The van der Waals surface area contributed by atoms with Gasteiger partial charge in [0.25, 0.3) is 15.7 Å². The first-order chi connectivity index (χ1) is 19.4. The van der Waals surface area contributed by atoms with Crippen LogP contribution in [0.4, 0.5) is 29.3 Å². The third kappa shape index (κ3) is 6.94. The van der Waals surface area contributed by atoms with Crippen molar-refractivity contribution in [1.29, 1.82) is 0 Å². The van der Waals surface area contributed by atoms with Gasteiger partial charge in [-0.3, -0.25) is 9.78 Å². The van der Waals surface area contributed by atoms with E-state index in [2.05, 4.69) is 20.9 Å². The second-order valence-electron chi connectivity index (χ2n) is 8.33. The fraction of sp³-hybridized carbons (Fsp3) is 0.0741. The molecule has 4 aromatic rings. The van der Waals surface area contributed by atoms with Gasteiger partial charge in [-0.15, -0.1) is 0 Å². The molecule has 4 rings (SSSR count). The Hall–Kier alpha value is -4.62. The highest BCUT2D eigenvalue weighted by Crippen LogP contribution is 2.36. The summed E-state index contributed by atoms with van der Waals surface area (Å²) < 4.78 is 68.4. The molecule has 3 amide bonds. The minimum absolute atomic E-state index is 0.0200. The molecule has 0 spiro atoms. The van der Waals surface area contributed by atoms with Gasteiger partial charge in [-0.1, -0.05) is 23.7 Å². The highest BCUT2D eigenvalue weighted by Gasteiger charge is 2.47. The molecule has 14 heteroatoms. The summed E-state index contributed by atoms with van der Waals surface area (Å²) >= 11 is 6.15. The number of nitrogens with zero attached hydrogens (tertiary/aromatic N) is 1. The maximum Gasteiger partial charge on any atom is 0.501 e. The number of hydrogen-bond donors (Lipinski definition) is 3. The number of anilines is 2. The van der Waals surface area contributed by atoms with E-state index in [1.807, 2.05) is 0 Å². The number of amides is 3. The summed E-state index contributed by atoms with van der Waals surface area (Å²) in [6.07, 6.45) is 1.43. The lowest BCUT2D eigenvalue weighted by atomic mass is 10.1. The first-order valence-corrected chi connectivity index (χ1v) is 13.5. The fourth-order valence-electron chi connectivity index (χ4n) is 3.55. The summed E-state index contributed by atoms with van der Waals surface area (Å²) in [6, 6.07) is 17.5. The molecule has 0 saturated heterocycles. The summed E-state index contributed by atoms with van der Waals surface area (Å²) in [5.41, 5.74) is -4.29. The van der Waals surface area contributed by atoms with Crippen LogP contribution >= 0.6 is 11.6 Å². The third-order valence-corrected chi connectivity index (χ3v) is 7.34. The highest BCUT2D eigenvalue weighted by atomic mass is 35.5. The maximum absolute atomic E-state index is 13.0. The molecule has 0 aliphatic heterocycles. The van der Waals surface area contributed by atoms with E-state index in [9.17, 15) is 31.2 Å². The Labute approximate surface area is 237 Å². The van der Waals surface area contributed by atoms with Gasteiger partial charge in [0.2, 0.25) is 0 Å². The number of urea groups is 1. The van der Waals surface area contributed by atoms with Crippen molar-refractivity contribution in [2.45, 2.75) is 10.4 Å². The Balaban J connectivity index is 1.44. The minimum atomic E-state index is -5.58. The van der Waals surface area contributed by atoms with Crippen molar-refractivity contribution in [2.75, 3.05) is 17.7 Å². The van der Waals surface area contributed by atoms with Crippen LogP contribution in [-0.2, 0) is 9.84 Å². The zero-order valence-electron chi connectivity index (χ0n) is 21.0. The van der Waals surface area contributed by atoms with Gasteiger partial charge in [-0.05, 0) is 66.2 Å². The van der Waals surface area contributed by atoms with Crippen molar-refractivity contribution in [2.24, 2.45) is 0 Å². The maximum atomic E-state index is 13.0. The number of carbonyl (C=O) groups is 2. The van der Waals surface area contributed by atoms with Crippen molar-refractivity contribution in [3.8, 4) is 22.6 Å². The molecule has 1 heterocycles. The summed E-state index contributed by atoms with van der Waals surface area (Å²) in [5, 5.41) is 7.72. The predicted octanol–water partition coefficient (Wildman–Crippen LogP) is 6.49. The first-order valence-electron chi connectivity index (χ1n) is 11.6. The molecule has 0 aliphatic rings. The van der Waals surface area contributed by atoms with Crippen molar-refractivity contribution in [3.05, 3.63) is 95.8 Å². The van der Waals surface area contributed by atoms with Crippen molar-refractivity contribution < 1.29 is 35.9 Å². The summed E-state index contributed by atoms with van der Waals surface area (Å²) in [7, 11) is -4.09. The number of alkyl halides is 3. The van der Waals surface area contributed by atoms with E-state index in [4.69, 9.17) is 16.3 Å². The molecule has 212 valence electrons. The number of halogens is 4. The number of rotatable bonds is 7. The Morgan fingerprint density at radius 2 is 1.59 bits per heavy atom. The molecule has 0 unspecified atom stereocenters. The van der Waals surface area contributed by atoms with E-state index in [1.165, 1.54) is 43.6 Å². The van der Waals surface area contributed by atoms with Gasteiger partial charge in [-0.25, -0.2) is 13.2 Å². The number of nitrogens with one attached hydrogen (secondary N) is 3. The van der Waals surface area contributed by atoms with Gasteiger partial charge >= 0.3 is 11.5 Å². The highest BCUT2D eigenvalue weighted by molar-refractivity contribution is 7.92. The lowest BCUT2D eigenvalue weighted by Crippen LogP contribution is -2.23. The van der Waals surface area contributed by atoms with Crippen molar-refractivity contribution in [3.63, 3.8) is 0 Å². The zero-order valence-corrected chi connectivity index (χ0v) is 22.6. The van der Waals surface area contributed by atoms with Gasteiger partial charge in [0.05, 0.1) is 4.90 Å². The van der Waals surface area contributed by atoms with Crippen LogP contribution in [-0.4, -0.2) is 37.9 Å². The number of benzene rings is 3. The summed E-state index contributed by atoms with van der Waals surface area (Å²) in [6.45, 7) is 0. The lowest BCUT2D eigenvalue weighted by Gasteiger charge is -2.13. The lowest BCUT2D eigenvalue weighted by molar-refractivity contribution is -0.0436. The van der Waals surface area contributed by atoms with Crippen LogP contribution in [0.5, 0.6) is 11.5 Å². The topological polar surface area (TPSA) is 126 Å². The van der Waals surface area contributed by atoms with Gasteiger partial charge in [0.1, 0.15) is 17.2 Å². The molecule has 3 aromatic carbocycles. The quantitative estimate of drug-likeness (QED) is 0.221. The average Bonchev–Trinajstić information content (AvgIpc) is 2.93.